The third-order valence-corrected chi connectivity index (χ3v) is 4.06. The summed E-state index contributed by atoms with van der Waals surface area (Å²) >= 11 is 0. The summed E-state index contributed by atoms with van der Waals surface area (Å²) in [6.45, 7) is 1.82. The molecule has 1 aromatic carbocycles. The Labute approximate surface area is 117 Å². The van der Waals surface area contributed by atoms with E-state index in [1.54, 1.807) is 24.5 Å². The van der Waals surface area contributed by atoms with Crippen molar-refractivity contribution in [2.45, 2.75) is 11.8 Å². The van der Waals surface area contributed by atoms with E-state index >= 15 is 0 Å². The number of benzene rings is 1. The second-order valence-corrected chi connectivity index (χ2v) is 5.99. The summed E-state index contributed by atoms with van der Waals surface area (Å²) in [6, 6.07) is 6.34. The third-order valence-electron chi connectivity index (χ3n) is 2.63. The number of hydrogen-bond donors (Lipinski definition) is 2. The molecule has 0 bridgehead atoms. The first kappa shape index (κ1) is 14.2. The molecule has 0 aliphatic carbocycles. The first-order valence-electron chi connectivity index (χ1n) is 5.82. The first-order chi connectivity index (χ1) is 9.42. The number of sulfonamides is 1. The van der Waals surface area contributed by atoms with E-state index in [1.807, 2.05) is 6.92 Å². The number of nitrogens with two attached hydrogens (primary N) is 1. The smallest absolute Gasteiger partial charge is 0.240 e. The SMILES string of the molecule is CNS(=O)(=O)c1ccc(C=Nn2cc(C)nc2N)cc1. The van der Waals surface area contributed by atoms with Gasteiger partial charge in [0.1, 0.15) is 0 Å². The molecule has 2 aromatic rings. The number of imidazole rings is 1. The quantitative estimate of drug-likeness (QED) is 0.804. The van der Waals surface area contributed by atoms with Gasteiger partial charge in [-0.2, -0.15) is 5.10 Å². The molecule has 0 saturated heterocycles. The average Bonchev–Trinajstić information content (AvgIpc) is 2.75. The topological polar surface area (TPSA) is 102 Å². The van der Waals surface area contributed by atoms with Crippen LogP contribution < -0.4 is 10.5 Å². The number of aryl methyl sites for hydroxylation is 1. The minimum atomic E-state index is -3.42. The van der Waals surface area contributed by atoms with Crippen LogP contribution in [0.5, 0.6) is 0 Å². The second-order valence-electron chi connectivity index (χ2n) is 4.11. The lowest BCUT2D eigenvalue weighted by Gasteiger charge is -2.02. The molecular formula is C12H15N5O2S. The van der Waals surface area contributed by atoms with Crippen LogP contribution in [0.25, 0.3) is 0 Å². The normalized spacial score (nSPS) is 12.1. The van der Waals surface area contributed by atoms with Gasteiger partial charge in [-0.3, -0.25) is 0 Å². The highest BCUT2D eigenvalue weighted by atomic mass is 32.2. The molecule has 20 heavy (non-hydrogen) atoms. The van der Waals surface area contributed by atoms with Crippen LogP contribution in [0.4, 0.5) is 5.95 Å². The lowest BCUT2D eigenvalue weighted by Crippen LogP contribution is -2.18. The van der Waals surface area contributed by atoms with Crippen LogP contribution in [0.3, 0.4) is 0 Å². The Bertz CT molecular complexity index is 732. The van der Waals surface area contributed by atoms with Gasteiger partial charge in [-0.25, -0.2) is 22.8 Å². The van der Waals surface area contributed by atoms with Gasteiger partial charge >= 0.3 is 0 Å². The van der Waals surface area contributed by atoms with Gasteiger partial charge in [0.2, 0.25) is 16.0 Å². The highest BCUT2D eigenvalue weighted by molar-refractivity contribution is 7.89. The molecule has 0 unspecified atom stereocenters. The molecule has 0 atom stereocenters. The molecule has 1 aromatic heterocycles. The van der Waals surface area contributed by atoms with Crippen molar-refractivity contribution in [1.82, 2.24) is 14.4 Å². The van der Waals surface area contributed by atoms with Crippen LogP contribution in [-0.4, -0.2) is 31.3 Å². The van der Waals surface area contributed by atoms with Crippen molar-refractivity contribution < 1.29 is 8.42 Å². The van der Waals surface area contributed by atoms with Crippen molar-refractivity contribution in [3.05, 3.63) is 41.7 Å². The monoisotopic (exact) mass is 293 g/mol. The summed E-state index contributed by atoms with van der Waals surface area (Å²) in [5.74, 6) is 0.299. The molecule has 8 heteroatoms. The lowest BCUT2D eigenvalue weighted by atomic mass is 10.2. The summed E-state index contributed by atoms with van der Waals surface area (Å²) in [5, 5.41) is 4.15. The number of aromatic nitrogens is 2. The van der Waals surface area contributed by atoms with Crippen molar-refractivity contribution in [3.63, 3.8) is 0 Å². The number of anilines is 1. The lowest BCUT2D eigenvalue weighted by molar-refractivity contribution is 0.588. The highest BCUT2D eigenvalue weighted by Crippen LogP contribution is 2.09. The Kier molecular flexibility index (Phi) is 3.86. The van der Waals surface area contributed by atoms with E-state index in [0.29, 0.717) is 5.95 Å². The van der Waals surface area contributed by atoms with E-state index in [4.69, 9.17) is 5.73 Å². The summed E-state index contributed by atoms with van der Waals surface area (Å²) in [7, 11) is -2.05. The molecule has 0 aliphatic rings. The molecule has 0 aliphatic heterocycles. The van der Waals surface area contributed by atoms with E-state index in [1.165, 1.54) is 23.9 Å². The molecular weight excluding hydrogens is 278 g/mol. The number of hydrogen-bond acceptors (Lipinski definition) is 5. The van der Waals surface area contributed by atoms with E-state index in [-0.39, 0.29) is 4.90 Å². The fourth-order valence-electron chi connectivity index (χ4n) is 1.58. The van der Waals surface area contributed by atoms with Crippen molar-refractivity contribution >= 4 is 22.2 Å². The number of nitrogen functional groups attached to an aromatic ring is 1. The minimum absolute atomic E-state index is 0.204. The van der Waals surface area contributed by atoms with Crippen LogP contribution in [0.15, 0.2) is 40.5 Å². The van der Waals surface area contributed by atoms with Gasteiger partial charge in [0.25, 0.3) is 0 Å². The van der Waals surface area contributed by atoms with Crippen molar-refractivity contribution in [2.24, 2.45) is 5.10 Å². The Hall–Kier alpha value is -2.19. The van der Waals surface area contributed by atoms with Crippen LogP contribution in [0, 0.1) is 6.92 Å². The Balaban J connectivity index is 2.21. The zero-order chi connectivity index (χ0) is 14.8. The molecule has 7 nitrogen and oxygen atoms in total. The summed E-state index contributed by atoms with van der Waals surface area (Å²) in [6.07, 6.45) is 3.28. The van der Waals surface area contributed by atoms with Gasteiger partial charge in [0.15, 0.2) is 0 Å². The predicted molar refractivity (Wildman–Crippen MR) is 77.1 cm³/mol. The maximum atomic E-state index is 11.6. The largest absolute Gasteiger partial charge is 0.368 e. The molecule has 0 radical (unpaired) electrons. The Morgan fingerprint density at radius 2 is 2.00 bits per heavy atom. The van der Waals surface area contributed by atoms with Gasteiger partial charge in [0.05, 0.1) is 23.0 Å². The summed E-state index contributed by atoms with van der Waals surface area (Å²) in [4.78, 5) is 4.22. The molecule has 0 saturated carbocycles. The summed E-state index contributed by atoms with van der Waals surface area (Å²) in [5.41, 5.74) is 7.18. The van der Waals surface area contributed by atoms with Crippen molar-refractivity contribution in [3.8, 4) is 0 Å². The van der Waals surface area contributed by atoms with Gasteiger partial charge in [0, 0.05) is 0 Å². The van der Waals surface area contributed by atoms with Crippen molar-refractivity contribution in [1.29, 1.82) is 0 Å². The highest BCUT2D eigenvalue weighted by Gasteiger charge is 2.09. The van der Waals surface area contributed by atoms with Crippen LogP contribution in [0.1, 0.15) is 11.3 Å². The van der Waals surface area contributed by atoms with Crippen molar-refractivity contribution in [2.75, 3.05) is 12.8 Å². The molecule has 0 amide bonds. The van der Waals surface area contributed by atoms with Gasteiger partial charge in [-0.1, -0.05) is 12.1 Å². The van der Waals surface area contributed by atoms with Crippen LogP contribution >= 0.6 is 0 Å². The Morgan fingerprint density at radius 1 is 1.35 bits per heavy atom. The molecule has 106 valence electrons. The third kappa shape index (κ3) is 3.03. The minimum Gasteiger partial charge on any atom is -0.368 e. The second kappa shape index (κ2) is 5.43. The summed E-state index contributed by atoms with van der Waals surface area (Å²) < 4.78 is 26.8. The zero-order valence-corrected chi connectivity index (χ0v) is 11.9. The molecule has 2 rings (SSSR count). The van der Waals surface area contributed by atoms with Gasteiger partial charge in [-0.15, -0.1) is 0 Å². The Morgan fingerprint density at radius 3 is 2.50 bits per heavy atom. The van der Waals surface area contributed by atoms with E-state index in [0.717, 1.165) is 11.3 Å². The fraction of sp³-hybridized carbons (Fsp3) is 0.167. The molecule has 0 spiro atoms. The maximum Gasteiger partial charge on any atom is 0.240 e. The van der Waals surface area contributed by atoms with E-state index in [2.05, 4.69) is 14.8 Å². The van der Waals surface area contributed by atoms with E-state index < -0.39 is 10.0 Å². The molecule has 1 heterocycles. The van der Waals surface area contributed by atoms with Crippen LogP contribution in [-0.2, 0) is 10.0 Å². The standard InChI is InChI=1S/C12H15N5O2S/c1-9-8-17(12(13)16-9)15-7-10-3-5-11(6-4-10)20(18,19)14-2/h3-8,14H,1-2H3,(H2,13,16). The average molecular weight is 293 g/mol. The number of rotatable bonds is 4. The number of nitrogens with one attached hydrogen (secondary N) is 1. The van der Waals surface area contributed by atoms with E-state index in [9.17, 15) is 8.42 Å². The first-order valence-corrected chi connectivity index (χ1v) is 7.30. The molecule has 3 N–H and O–H groups in total. The number of nitrogens with zero attached hydrogens (tertiary/aromatic N) is 3. The van der Waals surface area contributed by atoms with Crippen LogP contribution in [0.2, 0.25) is 0 Å². The predicted octanol–water partition coefficient (Wildman–Crippen LogP) is 0.564. The maximum absolute atomic E-state index is 11.6. The van der Waals surface area contributed by atoms with Gasteiger partial charge in [-0.05, 0) is 31.7 Å². The molecule has 0 fully saturated rings. The zero-order valence-electron chi connectivity index (χ0n) is 11.1. The van der Waals surface area contributed by atoms with Gasteiger partial charge < -0.3 is 5.73 Å². The fourth-order valence-corrected chi connectivity index (χ4v) is 2.31.